The molecule has 1 aliphatic rings. The Kier molecular flexibility index (Phi) is 4.85. The molecule has 1 aliphatic heterocycles. The van der Waals surface area contributed by atoms with Crippen LogP contribution in [0.5, 0.6) is 0 Å². The van der Waals surface area contributed by atoms with Gasteiger partial charge in [0.15, 0.2) is 5.69 Å². The van der Waals surface area contributed by atoms with E-state index in [0.717, 1.165) is 11.3 Å². The highest BCUT2D eigenvalue weighted by molar-refractivity contribution is 5.93. The van der Waals surface area contributed by atoms with E-state index >= 15 is 0 Å². The quantitative estimate of drug-likeness (QED) is 0.691. The number of hydrogen-bond acceptors (Lipinski definition) is 6. The lowest BCUT2D eigenvalue weighted by molar-refractivity contribution is 0.0738. The molecule has 8 heteroatoms. The second-order valence-corrected chi connectivity index (χ2v) is 7.02. The van der Waals surface area contributed by atoms with E-state index in [2.05, 4.69) is 34.4 Å². The molecule has 0 unspecified atom stereocenters. The number of carbonyl (C=O) groups is 1. The molecule has 1 aromatic carbocycles. The molecule has 146 valence electrons. The first-order valence-corrected chi connectivity index (χ1v) is 9.53. The van der Waals surface area contributed by atoms with Gasteiger partial charge in [-0.2, -0.15) is 5.10 Å². The molecule has 2 aromatic heterocycles. The van der Waals surface area contributed by atoms with E-state index in [0.29, 0.717) is 50.2 Å². The molecular formula is C20H24N6O2. The summed E-state index contributed by atoms with van der Waals surface area (Å²) in [6.45, 7) is 6.55. The van der Waals surface area contributed by atoms with Crippen LogP contribution >= 0.6 is 0 Å². The van der Waals surface area contributed by atoms with Crippen LogP contribution in [0, 0.1) is 6.92 Å². The number of amides is 1. The van der Waals surface area contributed by atoms with Crippen LogP contribution in [0.4, 0.5) is 6.01 Å². The van der Waals surface area contributed by atoms with Gasteiger partial charge in [-0.05, 0) is 18.6 Å². The van der Waals surface area contributed by atoms with Crippen LogP contribution in [0.3, 0.4) is 0 Å². The highest BCUT2D eigenvalue weighted by Crippen LogP contribution is 2.22. The van der Waals surface area contributed by atoms with Gasteiger partial charge in [0.05, 0.1) is 5.69 Å². The number of benzene rings is 1. The summed E-state index contributed by atoms with van der Waals surface area (Å²) in [5.41, 5.74) is 3.65. The zero-order chi connectivity index (χ0) is 19.7. The SMILES string of the molecule is CCc1nnc(N2CCN(C(=O)c3cc(-c4ccc(C)cc4)n(C)n3)CC2)o1. The Labute approximate surface area is 163 Å². The zero-order valence-corrected chi connectivity index (χ0v) is 16.4. The van der Waals surface area contributed by atoms with Crippen molar-refractivity contribution in [3.63, 3.8) is 0 Å². The van der Waals surface area contributed by atoms with E-state index in [9.17, 15) is 4.79 Å². The predicted molar refractivity (Wildman–Crippen MR) is 105 cm³/mol. The van der Waals surface area contributed by atoms with Crippen LogP contribution in [0.1, 0.15) is 28.9 Å². The third kappa shape index (κ3) is 3.49. The Bertz CT molecular complexity index is 967. The lowest BCUT2D eigenvalue weighted by Crippen LogP contribution is -2.49. The predicted octanol–water partition coefficient (Wildman–Crippen LogP) is 2.30. The van der Waals surface area contributed by atoms with Crippen LogP contribution in [-0.2, 0) is 13.5 Å². The zero-order valence-electron chi connectivity index (χ0n) is 16.4. The molecule has 0 radical (unpaired) electrons. The minimum absolute atomic E-state index is 0.0478. The lowest BCUT2D eigenvalue weighted by Gasteiger charge is -2.33. The van der Waals surface area contributed by atoms with Crippen LogP contribution in [0.15, 0.2) is 34.7 Å². The van der Waals surface area contributed by atoms with Crippen LogP contribution in [0.25, 0.3) is 11.3 Å². The van der Waals surface area contributed by atoms with Gasteiger partial charge in [0, 0.05) is 39.6 Å². The first-order valence-electron chi connectivity index (χ1n) is 9.53. The fourth-order valence-electron chi connectivity index (χ4n) is 3.34. The number of nitrogens with zero attached hydrogens (tertiary/aromatic N) is 6. The third-order valence-electron chi connectivity index (χ3n) is 5.04. The van der Waals surface area contributed by atoms with Crippen LogP contribution in [-0.4, -0.2) is 57.0 Å². The van der Waals surface area contributed by atoms with Crippen molar-refractivity contribution in [2.24, 2.45) is 7.05 Å². The Morgan fingerprint density at radius 2 is 1.82 bits per heavy atom. The lowest BCUT2D eigenvalue weighted by atomic mass is 10.1. The summed E-state index contributed by atoms with van der Waals surface area (Å²) in [5.74, 6) is 0.582. The third-order valence-corrected chi connectivity index (χ3v) is 5.04. The van der Waals surface area contributed by atoms with Gasteiger partial charge in [-0.3, -0.25) is 9.48 Å². The molecule has 1 amide bonds. The standard InChI is InChI=1S/C20H24N6O2/c1-4-18-21-22-20(28-18)26-11-9-25(10-12-26)19(27)16-13-17(24(3)23-16)15-7-5-14(2)6-8-15/h5-8,13H,4,9-12H2,1-3H3. The fourth-order valence-corrected chi connectivity index (χ4v) is 3.34. The Balaban J connectivity index is 1.44. The average Bonchev–Trinajstić information content (AvgIpc) is 3.35. The Morgan fingerprint density at radius 3 is 2.46 bits per heavy atom. The van der Waals surface area contributed by atoms with Gasteiger partial charge in [-0.1, -0.05) is 41.9 Å². The summed E-state index contributed by atoms with van der Waals surface area (Å²) in [6, 6.07) is 10.6. The molecule has 3 heterocycles. The number of piperazine rings is 1. The molecule has 0 saturated carbocycles. The van der Waals surface area contributed by atoms with Gasteiger partial charge in [0.1, 0.15) is 0 Å². The monoisotopic (exact) mass is 380 g/mol. The normalized spacial score (nSPS) is 14.5. The van der Waals surface area contributed by atoms with Crippen molar-refractivity contribution < 1.29 is 9.21 Å². The van der Waals surface area contributed by atoms with Gasteiger partial charge in [-0.15, -0.1) is 5.10 Å². The van der Waals surface area contributed by atoms with Gasteiger partial charge in [-0.25, -0.2) is 0 Å². The van der Waals surface area contributed by atoms with E-state index in [1.165, 1.54) is 5.56 Å². The number of anilines is 1. The van der Waals surface area contributed by atoms with Crippen molar-refractivity contribution in [2.75, 3.05) is 31.1 Å². The molecule has 0 spiro atoms. The minimum Gasteiger partial charge on any atom is -0.408 e. The number of hydrogen-bond donors (Lipinski definition) is 0. The molecule has 0 N–H and O–H groups in total. The first kappa shape index (κ1) is 18.2. The van der Waals surface area contributed by atoms with Gasteiger partial charge >= 0.3 is 6.01 Å². The molecule has 28 heavy (non-hydrogen) atoms. The number of aromatic nitrogens is 4. The highest BCUT2D eigenvalue weighted by atomic mass is 16.4. The summed E-state index contributed by atoms with van der Waals surface area (Å²) in [4.78, 5) is 16.8. The second-order valence-electron chi connectivity index (χ2n) is 7.02. The minimum atomic E-state index is -0.0478. The summed E-state index contributed by atoms with van der Waals surface area (Å²) < 4.78 is 7.38. The summed E-state index contributed by atoms with van der Waals surface area (Å²) in [6.07, 6.45) is 0.717. The van der Waals surface area contributed by atoms with E-state index in [1.807, 2.05) is 42.0 Å². The van der Waals surface area contributed by atoms with E-state index < -0.39 is 0 Å². The van der Waals surface area contributed by atoms with Gasteiger partial charge in [0.25, 0.3) is 5.91 Å². The number of carbonyl (C=O) groups excluding carboxylic acids is 1. The largest absolute Gasteiger partial charge is 0.408 e. The van der Waals surface area contributed by atoms with Crippen molar-refractivity contribution in [1.82, 2.24) is 24.9 Å². The van der Waals surface area contributed by atoms with E-state index in [1.54, 1.807) is 4.68 Å². The smallest absolute Gasteiger partial charge is 0.318 e. The second kappa shape index (κ2) is 7.46. The maximum Gasteiger partial charge on any atom is 0.318 e. The Hall–Kier alpha value is -3.16. The van der Waals surface area contributed by atoms with Crippen molar-refractivity contribution in [3.8, 4) is 11.3 Å². The van der Waals surface area contributed by atoms with Crippen molar-refractivity contribution in [3.05, 3.63) is 47.5 Å². The summed E-state index contributed by atoms with van der Waals surface area (Å²) in [5, 5.41) is 12.5. The average molecular weight is 380 g/mol. The molecule has 8 nitrogen and oxygen atoms in total. The summed E-state index contributed by atoms with van der Waals surface area (Å²) in [7, 11) is 1.87. The fraction of sp³-hybridized carbons (Fsp3) is 0.400. The Morgan fingerprint density at radius 1 is 1.11 bits per heavy atom. The topological polar surface area (TPSA) is 80.3 Å². The molecular weight excluding hydrogens is 356 g/mol. The number of rotatable bonds is 4. The molecule has 1 saturated heterocycles. The van der Waals surface area contributed by atoms with E-state index in [-0.39, 0.29) is 5.91 Å². The first-order chi connectivity index (χ1) is 13.5. The molecule has 0 atom stereocenters. The van der Waals surface area contributed by atoms with E-state index in [4.69, 9.17) is 4.42 Å². The van der Waals surface area contributed by atoms with Gasteiger partial charge < -0.3 is 14.2 Å². The molecule has 1 fully saturated rings. The maximum atomic E-state index is 12.9. The number of aryl methyl sites for hydroxylation is 3. The molecule has 0 bridgehead atoms. The molecule has 3 aromatic rings. The van der Waals surface area contributed by atoms with Crippen molar-refractivity contribution in [1.29, 1.82) is 0 Å². The van der Waals surface area contributed by atoms with Crippen LogP contribution in [0.2, 0.25) is 0 Å². The summed E-state index contributed by atoms with van der Waals surface area (Å²) >= 11 is 0. The molecule has 0 aliphatic carbocycles. The van der Waals surface area contributed by atoms with Crippen molar-refractivity contribution in [2.45, 2.75) is 20.3 Å². The maximum absolute atomic E-state index is 12.9. The van der Waals surface area contributed by atoms with Crippen LogP contribution < -0.4 is 4.90 Å². The molecule has 4 rings (SSSR count). The highest BCUT2D eigenvalue weighted by Gasteiger charge is 2.26. The van der Waals surface area contributed by atoms with Crippen molar-refractivity contribution >= 4 is 11.9 Å². The van der Waals surface area contributed by atoms with Gasteiger partial charge in [0.2, 0.25) is 5.89 Å².